The molecule has 0 N–H and O–H groups in total. The van der Waals surface area contributed by atoms with E-state index in [9.17, 15) is 9.18 Å². The fourth-order valence-corrected chi connectivity index (χ4v) is 3.97. The standard InChI is InChI=1S/C23H25ClFN3O3/c1-4-30-21(29)13-16-7-6-15-12-17(8-9-18(15)16)31-11-5-10-28(3)23-19(25)14-20(26-2)22(24)27-23/h8-9,12,14,16H,4-7,10-11,13H2,1,3H3/t16-/m0/s1. The van der Waals surface area contributed by atoms with Crippen LogP contribution in [0.4, 0.5) is 15.9 Å². The SMILES string of the molecule is [C-]#[N+]c1cc(F)c(N(C)CCCOc2ccc3c(c2)CC[C@H]3CC(=O)OCC)nc1Cl. The Bertz CT molecular complexity index is 993. The van der Waals surface area contributed by atoms with Crippen molar-refractivity contribution in [2.45, 2.75) is 38.5 Å². The van der Waals surface area contributed by atoms with Crippen LogP contribution < -0.4 is 9.64 Å². The average molecular weight is 446 g/mol. The number of carbonyl (C=O) groups is 1. The summed E-state index contributed by atoms with van der Waals surface area (Å²) in [6, 6.07) is 7.10. The van der Waals surface area contributed by atoms with Crippen molar-refractivity contribution in [2.24, 2.45) is 0 Å². The van der Waals surface area contributed by atoms with E-state index in [0.717, 1.165) is 24.7 Å². The van der Waals surface area contributed by atoms with Gasteiger partial charge in [0, 0.05) is 13.6 Å². The van der Waals surface area contributed by atoms with E-state index in [1.54, 1.807) is 11.9 Å². The molecule has 1 atom stereocenters. The van der Waals surface area contributed by atoms with Crippen LogP contribution in [-0.2, 0) is 16.0 Å². The van der Waals surface area contributed by atoms with E-state index < -0.39 is 5.82 Å². The highest BCUT2D eigenvalue weighted by Gasteiger charge is 2.25. The van der Waals surface area contributed by atoms with E-state index in [1.807, 2.05) is 25.1 Å². The van der Waals surface area contributed by atoms with Crippen molar-refractivity contribution in [3.63, 3.8) is 0 Å². The van der Waals surface area contributed by atoms with E-state index in [2.05, 4.69) is 9.83 Å². The van der Waals surface area contributed by atoms with Crippen molar-refractivity contribution in [1.29, 1.82) is 0 Å². The van der Waals surface area contributed by atoms with Crippen LogP contribution in [0.3, 0.4) is 0 Å². The fraction of sp³-hybridized carbons (Fsp3) is 0.435. The van der Waals surface area contributed by atoms with Crippen LogP contribution in [-0.4, -0.2) is 37.8 Å². The average Bonchev–Trinajstić information content (AvgIpc) is 3.14. The van der Waals surface area contributed by atoms with Gasteiger partial charge in [-0.15, -0.1) is 0 Å². The predicted octanol–water partition coefficient (Wildman–Crippen LogP) is 5.31. The molecule has 0 saturated carbocycles. The molecule has 1 aromatic carbocycles. The lowest BCUT2D eigenvalue weighted by atomic mass is 9.98. The summed E-state index contributed by atoms with van der Waals surface area (Å²) >= 11 is 5.92. The van der Waals surface area contributed by atoms with Gasteiger partial charge in [-0.05, 0) is 61.4 Å². The highest BCUT2D eigenvalue weighted by Crippen LogP contribution is 2.37. The van der Waals surface area contributed by atoms with Gasteiger partial charge in [0.15, 0.2) is 11.6 Å². The van der Waals surface area contributed by atoms with Gasteiger partial charge < -0.3 is 14.4 Å². The number of nitrogens with zero attached hydrogens (tertiary/aromatic N) is 3. The van der Waals surface area contributed by atoms with Gasteiger partial charge >= 0.3 is 5.97 Å². The van der Waals surface area contributed by atoms with Gasteiger partial charge in [-0.3, -0.25) is 4.79 Å². The van der Waals surface area contributed by atoms with Crippen LogP contribution in [0, 0.1) is 12.4 Å². The van der Waals surface area contributed by atoms with E-state index in [1.165, 1.54) is 11.1 Å². The molecule has 3 rings (SSSR count). The monoisotopic (exact) mass is 445 g/mol. The number of pyridine rings is 1. The smallest absolute Gasteiger partial charge is 0.306 e. The Morgan fingerprint density at radius 2 is 2.23 bits per heavy atom. The Labute approximate surface area is 186 Å². The number of hydrogen-bond donors (Lipinski definition) is 0. The number of ether oxygens (including phenoxy) is 2. The van der Waals surface area contributed by atoms with Crippen LogP contribution in [0.5, 0.6) is 5.75 Å². The molecule has 0 unspecified atom stereocenters. The van der Waals surface area contributed by atoms with Crippen LogP contribution in [0.1, 0.15) is 43.2 Å². The summed E-state index contributed by atoms with van der Waals surface area (Å²) in [5.74, 6) is 0.380. The molecule has 164 valence electrons. The van der Waals surface area contributed by atoms with Crippen LogP contribution >= 0.6 is 11.6 Å². The first-order chi connectivity index (χ1) is 14.9. The topological polar surface area (TPSA) is 56.0 Å². The molecule has 1 aliphatic rings. The number of fused-ring (bicyclic) bond motifs is 1. The molecule has 0 fully saturated rings. The second kappa shape index (κ2) is 10.5. The fourth-order valence-electron chi connectivity index (χ4n) is 3.80. The number of halogens is 2. The molecular formula is C23H25ClFN3O3. The highest BCUT2D eigenvalue weighted by atomic mass is 35.5. The number of esters is 1. The van der Waals surface area contributed by atoms with Gasteiger partial charge in [-0.25, -0.2) is 14.2 Å². The minimum atomic E-state index is -0.574. The number of carbonyl (C=O) groups excluding carboxylic acids is 1. The van der Waals surface area contributed by atoms with E-state index in [0.29, 0.717) is 32.6 Å². The first-order valence-corrected chi connectivity index (χ1v) is 10.7. The first-order valence-electron chi connectivity index (χ1n) is 10.3. The Hall–Kier alpha value is -2.85. The largest absolute Gasteiger partial charge is 0.494 e. The second-order valence-electron chi connectivity index (χ2n) is 7.44. The van der Waals surface area contributed by atoms with Crippen molar-refractivity contribution >= 4 is 29.1 Å². The van der Waals surface area contributed by atoms with E-state index >= 15 is 0 Å². The summed E-state index contributed by atoms with van der Waals surface area (Å²) in [7, 11) is 1.72. The van der Waals surface area contributed by atoms with Gasteiger partial charge in [0.25, 0.3) is 0 Å². The molecule has 6 nitrogen and oxygen atoms in total. The summed E-state index contributed by atoms with van der Waals surface area (Å²) in [4.78, 5) is 20.6. The number of aromatic nitrogens is 1. The minimum Gasteiger partial charge on any atom is -0.494 e. The van der Waals surface area contributed by atoms with Gasteiger partial charge in [0.1, 0.15) is 10.9 Å². The highest BCUT2D eigenvalue weighted by molar-refractivity contribution is 6.32. The lowest BCUT2D eigenvalue weighted by Gasteiger charge is -2.19. The molecule has 31 heavy (non-hydrogen) atoms. The summed E-state index contributed by atoms with van der Waals surface area (Å²) < 4.78 is 25.1. The van der Waals surface area contributed by atoms with Crippen LogP contribution in [0.25, 0.3) is 4.85 Å². The lowest BCUT2D eigenvalue weighted by molar-refractivity contribution is -0.143. The lowest BCUT2D eigenvalue weighted by Crippen LogP contribution is -2.22. The van der Waals surface area contributed by atoms with Crippen LogP contribution in [0.2, 0.25) is 5.15 Å². The van der Waals surface area contributed by atoms with Gasteiger partial charge in [0.05, 0.1) is 26.2 Å². The third-order valence-electron chi connectivity index (χ3n) is 5.32. The quantitative estimate of drug-likeness (QED) is 0.226. The molecule has 0 amide bonds. The van der Waals surface area contributed by atoms with Crippen molar-refractivity contribution in [1.82, 2.24) is 4.98 Å². The predicted molar refractivity (Wildman–Crippen MR) is 118 cm³/mol. The minimum absolute atomic E-state index is 0.000698. The molecule has 1 aliphatic carbocycles. The normalized spacial score (nSPS) is 14.6. The summed E-state index contributed by atoms with van der Waals surface area (Å²) in [6.45, 7) is 10.2. The molecule has 0 aliphatic heterocycles. The molecule has 0 saturated heterocycles. The van der Waals surface area contributed by atoms with Gasteiger partial charge in [0.2, 0.25) is 5.69 Å². The number of anilines is 1. The zero-order chi connectivity index (χ0) is 22.4. The number of hydrogen-bond acceptors (Lipinski definition) is 5. The Balaban J connectivity index is 1.50. The molecular weight excluding hydrogens is 421 g/mol. The second-order valence-corrected chi connectivity index (χ2v) is 7.80. The molecule has 8 heteroatoms. The van der Waals surface area contributed by atoms with Crippen molar-refractivity contribution in [2.75, 3.05) is 31.7 Å². The molecule has 2 aromatic rings. The maximum Gasteiger partial charge on any atom is 0.306 e. The van der Waals surface area contributed by atoms with Gasteiger partial charge in [-0.2, -0.15) is 0 Å². The zero-order valence-electron chi connectivity index (χ0n) is 17.7. The van der Waals surface area contributed by atoms with Crippen molar-refractivity contribution in [3.05, 3.63) is 57.8 Å². The summed E-state index contributed by atoms with van der Waals surface area (Å²) in [5, 5.41) is -0.00565. The maximum atomic E-state index is 14.2. The molecule has 0 spiro atoms. The molecule has 1 aromatic heterocycles. The van der Waals surface area contributed by atoms with Crippen molar-refractivity contribution in [3.8, 4) is 5.75 Å². The first kappa shape index (κ1) is 22.8. The van der Waals surface area contributed by atoms with E-state index in [4.69, 9.17) is 27.6 Å². The summed E-state index contributed by atoms with van der Waals surface area (Å²) in [5.41, 5.74) is 2.41. The molecule has 0 bridgehead atoms. The Kier molecular flexibility index (Phi) is 7.69. The zero-order valence-corrected chi connectivity index (χ0v) is 18.4. The van der Waals surface area contributed by atoms with Crippen molar-refractivity contribution < 1.29 is 18.7 Å². The Morgan fingerprint density at radius 3 is 2.97 bits per heavy atom. The maximum absolute atomic E-state index is 14.2. The molecule has 0 radical (unpaired) electrons. The number of aryl methyl sites for hydroxylation is 1. The number of benzene rings is 1. The third-order valence-corrected chi connectivity index (χ3v) is 5.59. The molecule has 1 heterocycles. The van der Waals surface area contributed by atoms with Crippen LogP contribution in [0.15, 0.2) is 24.3 Å². The number of rotatable bonds is 9. The van der Waals surface area contributed by atoms with Gasteiger partial charge in [-0.1, -0.05) is 17.7 Å². The Morgan fingerprint density at radius 1 is 1.42 bits per heavy atom. The van der Waals surface area contributed by atoms with E-state index in [-0.39, 0.29) is 28.5 Å². The summed E-state index contributed by atoms with van der Waals surface area (Å²) in [6.07, 6.45) is 2.93. The third kappa shape index (κ3) is 5.65.